The molecule has 2 aliphatic rings. The van der Waals surface area contributed by atoms with Crippen molar-refractivity contribution in [3.63, 3.8) is 0 Å². The Bertz CT molecular complexity index is 1430. The minimum absolute atomic E-state index is 0.0342. The number of benzene rings is 2. The Morgan fingerprint density at radius 1 is 1.03 bits per heavy atom. The molecule has 9 heteroatoms. The van der Waals surface area contributed by atoms with Gasteiger partial charge in [-0.3, -0.25) is 0 Å². The van der Waals surface area contributed by atoms with E-state index in [1.807, 2.05) is 68.7 Å². The van der Waals surface area contributed by atoms with Crippen LogP contribution < -0.4 is 4.74 Å². The number of nitrogens with zero attached hydrogens (tertiary/aromatic N) is 5. The van der Waals surface area contributed by atoms with Crippen molar-refractivity contribution in [1.29, 1.82) is 0 Å². The van der Waals surface area contributed by atoms with Gasteiger partial charge in [0.15, 0.2) is 17.5 Å². The SMILES string of the molecule is C/C=N/c1nc(OCc2ccccc2)c2ncn([C@H]3CC[C@@H](COCc4ccccc4)[C@@]34COC(C)O4)c2n1. The standard InChI is InChI=1S/C30H33N5O4/c1-3-31-29-33-27-26(28(34-29)37-17-23-12-8-5-9-13-23)32-20-35(27)25-15-14-24(30(25)19-38-21(2)39-30)18-36-16-22-10-6-4-7-11-22/h3-13,20-21,24-25H,14-19H2,1-2H3/b31-3+/t21?,24-,25-,30-/m0/s1. The Labute approximate surface area is 227 Å². The lowest BCUT2D eigenvalue weighted by Gasteiger charge is -2.35. The van der Waals surface area contributed by atoms with Crippen molar-refractivity contribution in [3.8, 4) is 5.88 Å². The third kappa shape index (κ3) is 5.17. The molecule has 1 aliphatic carbocycles. The topological polar surface area (TPSA) is 92.9 Å². The first kappa shape index (κ1) is 25.6. The summed E-state index contributed by atoms with van der Waals surface area (Å²) in [4.78, 5) is 18.4. The fraction of sp³-hybridized carbons (Fsp3) is 0.400. The summed E-state index contributed by atoms with van der Waals surface area (Å²) in [6, 6.07) is 20.2. The molecule has 0 radical (unpaired) electrons. The fourth-order valence-electron chi connectivity index (χ4n) is 5.73. The van der Waals surface area contributed by atoms with E-state index in [1.54, 1.807) is 6.21 Å². The van der Waals surface area contributed by atoms with Gasteiger partial charge in [0.05, 0.1) is 32.2 Å². The van der Waals surface area contributed by atoms with Crippen molar-refractivity contribution in [3.05, 3.63) is 78.1 Å². The van der Waals surface area contributed by atoms with Gasteiger partial charge in [0, 0.05) is 12.1 Å². The molecule has 4 atom stereocenters. The first-order valence-electron chi connectivity index (χ1n) is 13.5. The molecule has 9 nitrogen and oxygen atoms in total. The third-order valence-corrected chi connectivity index (χ3v) is 7.58. The van der Waals surface area contributed by atoms with Gasteiger partial charge in [0.2, 0.25) is 5.88 Å². The molecular weight excluding hydrogens is 494 g/mol. The van der Waals surface area contributed by atoms with Crippen LogP contribution in [0, 0.1) is 5.92 Å². The number of fused-ring (bicyclic) bond motifs is 1. The van der Waals surface area contributed by atoms with E-state index in [2.05, 4.69) is 26.7 Å². The zero-order valence-corrected chi connectivity index (χ0v) is 22.3. The minimum Gasteiger partial charge on any atom is -0.471 e. The number of rotatable bonds is 9. The van der Waals surface area contributed by atoms with Crippen LogP contribution in [-0.4, -0.2) is 50.8 Å². The van der Waals surface area contributed by atoms with E-state index in [-0.39, 0.29) is 18.2 Å². The molecule has 2 fully saturated rings. The molecule has 1 saturated heterocycles. The predicted molar refractivity (Wildman–Crippen MR) is 147 cm³/mol. The van der Waals surface area contributed by atoms with Crippen LogP contribution >= 0.6 is 0 Å². The summed E-state index contributed by atoms with van der Waals surface area (Å²) in [7, 11) is 0. The Morgan fingerprint density at radius 3 is 2.46 bits per heavy atom. The number of aliphatic imine (C=N–C) groups is 1. The Kier molecular flexibility index (Phi) is 7.36. The summed E-state index contributed by atoms with van der Waals surface area (Å²) < 4.78 is 27.0. The number of aromatic nitrogens is 4. The van der Waals surface area contributed by atoms with Crippen molar-refractivity contribution < 1.29 is 18.9 Å². The Balaban J connectivity index is 1.30. The van der Waals surface area contributed by atoms with Crippen molar-refractivity contribution in [2.75, 3.05) is 13.2 Å². The molecule has 0 bridgehead atoms. The largest absolute Gasteiger partial charge is 0.471 e. The van der Waals surface area contributed by atoms with E-state index in [0.29, 0.717) is 49.4 Å². The lowest BCUT2D eigenvalue weighted by atomic mass is 9.89. The summed E-state index contributed by atoms with van der Waals surface area (Å²) >= 11 is 0. The molecule has 1 unspecified atom stereocenters. The minimum atomic E-state index is -0.548. The first-order chi connectivity index (χ1) is 19.2. The average molecular weight is 528 g/mol. The highest BCUT2D eigenvalue weighted by molar-refractivity contribution is 5.78. The fourth-order valence-corrected chi connectivity index (χ4v) is 5.73. The van der Waals surface area contributed by atoms with Gasteiger partial charge in [-0.25, -0.2) is 9.98 Å². The van der Waals surface area contributed by atoms with Crippen LogP contribution in [0.1, 0.15) is 43.9 Å². The average Bonchev–Trinajstić information content (AvgIpc) is 3.66. The lowest BCUT2D eigenvalue weighted by Crippen LogP contribution is -2.45. The number of hydrogen-bond donors (Lipinski definition) is 0. The summed E-state index contributed by atoms with van der Waals surface area (Å²) in [5.41, 5.74) is 2.93. The van der Waals surface area contributed by atoms with Crippen LogP contribution in [0.25, 0.3) is 11.2 Å². The highest BCUT2D eigenvalue weighted by Gasteiger charge is 2.57. The van der Waals surface area contributed by atoms with E-state index < -0.39 is 5.60 Å². The van der Waals surface area contributed by atoms with Crippen molar-refractivity contribution >= 4 is 23.3 Å². The van der Waals surface area contributed by atoms with E-state index in [4.69, 9.17) is 28.9 Å². The van der Waals surface area contributed by atoms with Crippen LogP contribution in [-0.2, 0) is 27.4 Å². The van der Waals surface area contributed by atoms with Gasteiger partial charge >= 0.3 is 0 Å². The van der Waals surface area contributed by atoms with E-state index >= 15 is 0 Å². The van der Waals surface area contributed by atoms with Crippen molar-refractivity contribution in [2.45, 2.75) is 57.8 Å². The molecule has 3 heterocycles. The highest BCUT2D eigenvalue weighted by Crippen LogP contribution is 2.51. The molecule has 0 amide bonds. The summed E-state index contributed by atoms with van der Waals surface area (Å²) in [5.74, 6) is 0.911. The second-order valence-electron chi connectivity index (χ2n) is 10.1. The van der Waals surface area contributed by atoms with Gasteiger partial charge in [-0.05, 0) is 37.8 Å². The third-order valence-electron chi connectivity index (χ3n) is 7.58. The van der Waals surface area contributed by atoms with Gasteiger partial charge in [0.1, 0.15) is 12.2 Å². The zero-order chi connectivity index (χ0) is 26.7. The second-order valence-corrected chi connectivity index (χ2v) is 10.1. The summed E-state index contributed by atoms with van der Waals surface area (Å²) in [6.07, 6.45) is 5.03. The molecule has 39 heavy (non-hydrogen) atoms. The Morgan fingerprint density at radius 2 is 1.77 bits per heavy atom. The maximum atomic E-state index is 6.57. The van der Waals surface area contributed by atoms with E-state index in [1.165, 1.54) is 0 Å². The molecule has 2 aromatic carbocycles. The first-order valence-corrected chi connectivity index (χ1v) is 13.5. The smallest absolute Gasteiger partial charge is 0.254 e. The number of imidazole rings is 1. The summed E-state index contributed by atoms with van der Waals surface area (Å²) in [5, 5.41) is 0. The van der Waals surface area contributed by atoms with Gasteiger partial charge in [-0.2, -0.15) is 9.97 Å². The summed E-state index contributed by atoms with van der Waals surface area (Å²) in [6.45, 7) is 5.80. The van der Waals surface area contributed by atoms with Crippen LogP contribution in [0.2, 0.25) is 0 Å². The molecule has 4 aromatic rings. The number of hydrogen-bond acceptors (Lipinski definition) is 8. The van der Waals surface area contributed by atoms with Gasteiger partial charge in [-0.15, -0.1) is 0 Å². The predicted octanol–water partition coefficient (Wildman–Crippen LogP) is 5.43. The molecule has 1 aliphatic heterocycles. The van der Waals surface area contributed by atoms with Crippen LogP contribution in [0.3, 0.4) is 0 Å². The van der Waals surface area contributed by atoms with Crippen LogP contribution in [0.4, 0.5) is 5.95 Å². The molecule has 1 spiro atoms. The van der Waals surface area contributed by atoms with Crippen molar-refractivity contribution in [1.82, 2.24) is 19.5 Å². The lowest BCUT2D eigenvalue weighted by molar-refractivity contribution is -0.116. The molecule has 0 N–H and O–H groups in total. The monoisotopic (exact) mass is 527 g/mol. The van der Waals surface area contributed by atoms with E-state index in [9.17, 15) is 0 Å². The maximum absolute atomic E-state index is 6.57. The molecule has 202 valence electrons. The van der Waals surface area contributed by atoms with Gasteiger partial charge in [0.25, 0.3) is 5.95 Å². The van der Waals surface area contributed by atoms with Crippen molar-refractivity contribution in [2.24, 2.45) is 10.9 Å². The quantitative estimate of drug-likeness (QED) is 0.268. The van der Waals surface area contributed by atoms with Gasteiger partial charge < -0.3 is 23.5 Å². The molecule has 6 rings (SSSR count). The second kappa shape index (κ2) is 11.2. The molecule has 1 saturated carbocycles. The normalized spacial score (nSPS) is 24.8. The maximum Gasteiger partial charge on any atom is 0.254 e. The molecular formula is C30H33N5O4. The van der Waals surface area contributed by atoms with Crippen LogP contribution in [0.15, 0.2) is 72.0 Å². The van der Waals surface area contributed by atoms with Crippen LogP contribution in [0.5, 0.6) is 5.88 Å². The highest BCUT2D eigenvalue weighted by atomic mass is 16.7. The zero-order valence-electron chi connectivity index (χ0n) is 22.3. The van der Waals surface area contributed by atoms with E-state index in [0.717, 1.165) is 24.0 Å². The van der Waals surface area contributed by atoms with Gasteiger partial charge in [-0.1, -0.05) is 60.7 Å². The Hall–Kier alpha value is -3.66. The number of ether oxygens (including phenoxy) is 4. The molecule has 2 aromatic heterocycles.